The Labute approximate surface area is 366 Å². The van der Waals surface area contributed by atoms with Crippen molar-refractivity contribution in [1.82, 2.24) is 19.9 Å². The molecule has 3 heterocycles. The smallest absolute Gasteiger partial charge is 0.0940 e. The van der Waals surface area contributed by atoms with E-state index in [1.54, 1.807) is 0 Å². The molecule has 0 aliphatic heterocycles. The standard InChI is InChI=1S/C59H40N4/c1-59(33-28-51(52-18-8-9-19-54(52)59)50-25-23-41(39-31-36-61-37-32-39)43-13-3-5-15-45(43)50)58-57(62-55-20-10-11-21-56(55)63-58)53-27-26-49(46-16-6-7-17-47(46)53)48-24-22-40(38-29-34-60-35-30-38)42-12-2-4-14-44(42)48/h2-37,54H,1H3. The molecule has 63 heavy (non-hydrogen) atoms. The Kier molecular flexibility index (Phi) is 8.65. The van der Waals surface area contributed by atoms with Gasteiger partial charge in [0, 0.05) is 41.7 Å². The summed E-state index contributed by atoms with van der Waals surface area (Å²) < 4.78 is 0. The molecular weight excluding hydrogens is 765 g/mol. The van der Waals surface area contributed by atoms with Gasteiger partial charge in [-0.3, -0.25) is 9.97 Å². The second kappa shape index (κ2) is 14.8. The number of para-hydroxylation sites is 2. The Morgan fingerprint density at radius 2 is 0.857 bits per heavy atom. The van der Waals surface area contributed by atoms with Crippen LogP contribution in [0, 0.1) is 5.92 Å². The fourth-order valence-corrected chi connectivity index (χ4v) is 10.2. The third-order valence-corrected chi connectivity index (χ3v) is 13.2. The molecule has 3 aromatic heterocycles. The minimum atomic E-state index is -0.530. The molecule has 0 spiro atoms. The third kappa shape index (κ3) is 5.98. The van der Waals surface area contributed by atoms with E-state index in [0.29, 0.717) is 0 Å². The zero-order valence-corrected chi connectivity index (χ0v) is 34.7. The molecule has 7 aromatic carbocycles. The second-order valence-corrected chi connectivity index (χ2v) is 16.7. The summed E-state index contributed by atoms with van der Waals surface area (Å²) >= 11 is 0. The highest BCUT2D eigenvalue weighted by Gasteiger charge is 2.42. The summed E-state index contributed by atoms with van der Waals surface area (Å²) in [7, 11) is 0. The van der Waals surface area contributed by atoms with Gasteiger partial charge in [0.05, 0.1) is 22.4 Å². The first-order valence-corrected chi connectivity index (χ1v) is 21.6. The predicted octanol–water partition coefficient (Wildman–Crippen LogP) is 14.6. The van der Waals surface area contributed by atoms with E-state index in [0.717, 1.165) is 44.5 Å². The molecule has 0 bridgehead atoms. The van der Waals surface area contributed by atoms with Gasteiger partial charge in [0.2, 0.25) is 0 Å². The summed E-state index contributed by atoms with van der Waals surface area (Å²) in [5.41, 5.74) is 15.0. The van der Waals surface area contributed by atoms with Crippen molar-refractivity contribution in [2.75, 3.05) is 0 Å². The van der Waals surface area contributed by atoms with Crippen molar-refractivity contribution in [2.45, 2.75) is 12.3 Å². The van der Waals surface area contributed by atoms with Crippen LogP contribution in [0.5, 0.6) is 0 Å². The van der Waals surface area contributed by atoms with Gasteiger partial charge in [-0.1, -0.05) is 158 Å². The first-order chi connectivity index (χ1) is 31.1. The maximum Gasteiger partial charge on any atom is 0.0940 e. The van der Waals surface area contributed by atoms with E-state index in [-0.39, 0.29) is 5.92 Å². The van der Waals surface area contributed by atoms with Crippen LogP contribution in [0.3, 0.4) is 0 Å². The first kappa shape index (κ1) is 36.7. The minimum absolute atomic E-state index is 0.00570. The number of aromatic nitrogens is 4. The summed E-state index contributed by atoms with van der Waals surface area (Å²) in [6, 6.07) is 56.5. The van der Waals surface area contributed by atoms with Crippen molar-refractivity contribution in [3.8, 4) is 44.6 Å². The topological polar surface area (TPSA) is 51.6 Å². The highest BCUT2D eigenvalue weighted by molar-refractivity contribution is 6.12. The van der Waals surface area contributed by atoms with Gasteiger partial charge < -0.3 is 0 Å². The molecule has 2 atom stereocenters. The van der Waals surface area contributed by atoms with Crippen molar-refractivity contribution in [2.24, 2.45) is 5.92 Å². The van der Waals surface area contributed by atoms with Crippen molar-refractivity contribution in [1.29, 1.82) is 0 Å². The van der Waals surface area contributed by atoms with Gasteiger partial charge in [-0.05, 0) is 126 Å². The summed E-state index contributed by atoms with van der Waals surface area (Å²) in [4.78, 5) is 19.7. The van der Waals surface area contributed by atoms with Crippen LogP contribution >= 0.6 is 0 Å². The van der Waals surface area contributed by atoms with Gasteiger partial charge in [-0.2, -0.15) is 0 Å². The molecule has 2 aliphatic rings. The number of nitrogens with zero attached hydrogens (tertiary/aromatic N) is 4. The van der Waals surface area contributed by atoms with Crippen LogP contribution in [0.2, 0.25) is 0 Å². The minimum Gasteiger partial charge on any atom is -0.265 e. The molecule has 0 N–H and O–H groups in total. The Bertz CT molecular complexity index is 3580. The summed E-state index contributed by atoms with van der Waals surface area (Å²) in [5.74, 6) is 0.00570. The van der Waals surface area contributed by atoms with Gasteiger partial charge in [0.15, 0.2) is 0 Å². The molecule has 0 saturated carbocycles. The van der Waals surface area contributed by atoms with E-state index in [1.165, 1.54) is 65.9 Å². The maximum absolute atomic E-state index is 5.59. The van der Waals surface area contributed by atoms with Crippen molar-refractivity contribution >= 4 is 48.9 Å². The molecule has 0 fully saturated rings. The number of fused-ring (bicyclic) bond motifs is 5. The zero-order chi connectivity index (χ0) is 41.9. The maximum atomic E-state index is 5.59. The lowest BCUT2D eigenvalue weighted by atomic mass is 9.64. The molecule has 0 amide bonds. The van der Waals surface area contributed by atoms with E-state index in [9.17, 15) is 0 Å². The average molecular weight is 805 g/mol. The van der Waals surface area contributed by atoms with Crippen LogP contribution in [-0.4, -0.2) is 19.9 Å². The normalized spacial score (nSPS) is 16.9. The molecular formula is C59H40N4. The third-order valence-electron chi connectivity index (χ3n) is 13.2. The van der Waals surface area contributed by atoms with Crippen molar-refractivity contribution in [3.05, 3.63) is 236 Å². The largest absolute Gasteiger partial charge is 0.265 e. The Hall–Kier alpha value is -8.08. The quantitative estimate of drug-likeness (QED) is 0.168. The highest BCUT2D eigenvalue weighted by atomic mass is 14.9. The lowest BCUT2D eigenvalue weighted by molar-refractivity contribution is 0.472. The highest BCUT2D eigenvalue weighted by Crippen LogP contribution is 2.51. The van der Waals surface area contributed by atoms with E-state index >= 15 is 0 Å². The van der Waals surface area contributed by atoms with Crippen LogP contribution in [0.1, 0.15) is 18.2 Å². The van der Waals surface area contributed by atoms with Gasteiger partial charge >= 0.3 is 0 Å². The molecule has 12 rings (SSSR count). The van der Waals surface area contributed by atoms with Crippen LogP contribution in [0.4, 0.5) is 0 Å². The summed E-state index contributed by atoms with van der Waals surface area (Å²) in [6.07, 6.45) is 21.2. The van der Waals surface area contributed by atoms with Crippen LogP contribution in [0.25, 0.3) is 93.6 Å². The molecule has 4 nitrogen and oxygen atoms in total. The van der Waals surface area contributed by atoms with Gasteiger partial charge in [-0.15, -0.1) is 0 Å². The van der Waals surface area contributed by atoms with E-state index in [2.05, 4.69) is 211 Å². The van der Waals surface area contributed by atoms with Gasteiger partial charge in [0.1, 0.15) is 0 Å². The number of hydrogen-bond donors (Lipinski definition) is 0. The number of hydrogen-bond acceptors (Lipinski definition) is 4. The van der Waals surface area contributed by atoms with Crippen molar-refractivity contribution < 1.29 is 0 Å². The first-order valence-electron chi connectivity index (χ1n) is 21.6. The summed E-state index contributed by atoms with van der Waals surface area (Å²) in [5, 5.41) is 7.18. The zero-order valence-electron chi connectivity index (χ0n) is 34.7. The number of allylic oxidation sites excluding steroid dienone is 8. The number of pyridine rings is 2. The monoisotopic (exact) mass is 804 g/mol. The average Bonchev–Trinajstić information content (AvgIpc) is 3.36. The van der Waals surface area contributed by atoms with E-state index in [4.69, 9.17) is 9.97 Å². The molecule has 2 aliphatic carbocycles. The van der Waals surface area contributed by atoms with Crippen molar-refractivity contribution in [3.63, 3.8) is 0 Å². The van der Waals surface area contributed by atoms with E-state index in [1.807, 2.05) is 24.8 Å². The summed E-state index contributed by atoms with van der Waals surface area (Å²) in [6.45, 7) is 2.34. The van der Waals surface area contributed by atoms with Gasteiger partial charge in [-0.25, -0.2) is 9.97 Å². The number of benzene rings is 7. The second-order valence-electron chi connectivity index (χ2n) is 16.7. The van der Waals surface area contributed by atoms with Crippen LogP contribution in [0.15, 0.2) is 225 Å². The SMILES string of the molecule is CC1(c2nc3ccccc3nc2-c2ccc(-c3ccc(-c4ccncc4)c4ccccc34)c3ccccc23)C=CC(c2ccc(-c3ccncc3)c3ccccc23)=C2C=CC=CC21. The Balaban J connectivity index is 1.03. The van der Waals surface area contributed by atoms with Crippen LogP contribution < -0.4 is 0 Å². The molecule has 0 radical (unpaired) electrons. The molecule has 4 heteroatoms. The van der Waals surface area contributed by atoms with E-state index < -0.39 is 5.41 Å². The Morgan fingerprint density at radius 1 is 0.413 bits per heavy atom. The molecule has 10 aromatic rings. The molecule has 0 saturated heterocycles. The molecule has 2 unspecified atom stereocenters. The Morgan fingerprint density at radius 3 is 1.43 bits per heavy atom. The predicted molar refractivity (Wildman–Crippen MR) is 261 cm³/mol. The fourth-order valence-electron chi connectivity index (χ4n) is 10.2. The molecule has 296 valence electrons. The van der Waals surface area contributed by atoms with Gasteiger partial charge in [0.25, 0.3) is 0 Å². The van der Waals surface area contributed by atoms with Crippen LogP contribution in [-0.2, 0) is 5.41 Å². The lowest BCUT2D eigenvalue weighted by Crippen LogP contribution is -2.35. The number of rotatable bonds is 6. The lowest BCUT2D eigenvalue weighted by Gasteiger charge is -2.40. The fraction of sp³-hybridized carbons (Fsp3) is 0.0508.